The lowest BCUT2D eigenvalue weighted by Gasteiger charge is -2.39. The third-order valence-corrected chi connectivity index (χ3v) is 10.2. The molecule has 0 radical (unpaired) electrons. The molecule has 2 aromatic rings. The van der Waals surface area contributed by atoms with E-state index < -0.39 is 15.9 Å². The average Bonchev–Trinajstić information content (AvgIpc) is 3.84. The monoisotopic (exact) mass is 643 g/mol. The molecule has 0 spiro atoms. The summed E-state index contributed by atoms with van der Waals surface area (Å²) in [5.74, 6) is -0.278. The van der Waals surface area contributed by atoms with Gasteiger partial charge in [-0.1, -0.05) is 35.9 Å². The molecule has 2 saturated heterocycles. The topological polar surface area (TPSA) is 102 Å². The molecule has 5 rings (SSSR count). The largest absolute Gasteiger partial charge is 0.366 e. The molecular formula is C32H42ClN5O5S. The third kappa shape index (κ3) is 8.04. The summed E-state index contributed by atoms with van der Waals surface area (Å²) < 4.78 is 27.1. The number of carbonyl (C=O) groups excluding carboxylic acids is 3. The molecular weight excluding hydrogens is 602 g/mol. The summed E-state index contributed by atoms with van der Waals surface area (Å²) in [6.07, 6.45) is 3.86. The third-order valence-electron chi connectivity index (χ3n) is 8.85. The maximum Gasteiger partial charge on any atom is 0.232 e. The van der Waals surface area contributed by atoms with Gasteiger partial charge in [-0.25, -0.2) is 8.42 Å². The van der Waals surface area contributed by atoms with Gasteiger partial charge in [0.2, 0.25) is 27.7 Å². The SMILES string of the molecule is CC(=O)N1CCN(C(=O)C[C@H](Cc2ccc(Cl)cc2)C(=O)N2CCN(c3ccccc3N(CC3CC3)S(C)(=O)=O)CC2)CC1. The quantitative estimate of drug-likeness (QED) is 0.395. The highest BCUT2D eigenvalue weighted by atomic mass is 35.5. The number of para-hydroxylation sites is 2. The van der Waals surface area contributed by atoms with E-state index in [4.69, 9.17) is 11.6 Å². The predicted octanol–water partition coefficient (Wildman–Crippen LogP) is 3.10. The Morgan fingerprint density at radius 3 is 2.05 bits per heavy atom. The van der Waals surface area contributed by atoms with E-state index in [1.807, 2.05) is 41.3 Å². The van der Waals surface area contributed by atoms with Crippen LogP contribution in [0.25, 0.3) is 0 Å². The molecule has 1 aliphatic carbocycles. The molecule has 12 heteroatoms. The van der Waals surface area contributed by atoms with Gasteiger partial charge in [-0.15, -0.1) is 0 Å². The molecule has 1 saturated carbocycles. The number of halogens is 1. The van der Waals surface area contributed by atoms with E-state index in [-0.39, 0.29) is 24.1 Å². The number of anilines is 2. The van der Waals surface area contributed by atoms with Crippen molar-refractivity contribution >= 4 is 50.7 Å². The number of piperazine rings is 2. The Morgan fingerprint density at radius 1 is 0.864 bits per heavy atom. The average molecular weight is 644 g/mol. The minimum atomic E-state index is -3.45. The van der Waals surface area contributed by atoms with E-state index in [2.05, 4.69) is 4.90 Å². The highest BCUT2D eigenvalue weighted by Gasteiger charge is 2.34. The Kier molecular flexibility index (Phi) is 10.0. The molecule has 0 unspecified atom stereocenters. The summed E-state index contributed by atoms with van der Waals surface area (Å²) >= 11 is 6.09. The molecule has 238 valence electrons. The molecule has 3 amide bonds. The van der Waals surface area contributed by atoms with Crippen LogP contribution in [0, 0.1) is 11.8 Å². The van der Waals surface area contributed by atoms with Crippen LogP contribution in [0.2, 0.25) is 5.02 Å². The summed E-state index contributed by atoms with van der Waals surface area (Å²) in [6.45, 7) is 5.99. The molecule has 0 aromatic heterocycles. The smallest absolute Gasteiger partial charge is 0.232 e. The second-order valence-corrected chi connectivity index (χ2v) is 14.5. The van der Waals surface area contributed by atoms with E-state index in [0.29, 0.717) is 82.0 Å². The molecule has 44 heavy (non-hydrogen) atoms. The maximum atomic E-state index is 14.0. The minimum absolute atomic E-state index is 0.00148. The summed E-state index contributed by atoms with van der Waals surface area (Å²) in [5, 5.41) is 0.610. The fourth-order valence-electron chi connectivity index (χ4n) is 6.08. The number of nitrogens with zero attached hydrogens (tertiary/aromatic N) is 5. The van der Waals surface area contributed by atoms with Crippen molar-refractivity contribution in [3.8, 4) is 0 Å². The highest BCUT2D eigenvalue weighted by Crippen LogP contribution is 2.37. The summed E-state index contributed by atoms with van der Waals surface area (Å²) in [6, 6.07) is 15.0. The van der Waals surface area contributed by atoms with Crippen LogP contribution in [-0.4, -0.2) is 106 Å². The minimum Gasteiger partial charge on any atom is -0.366 e. The van der Waals surface area contributed by atoms with Crippen molar-refractivity contribution in [3.05, 3.63) is 59.1 Å². The second-order valence-electron chi connectivity index (χ2n) is 12.2. The van der Waals surface area contributed by atoms with Gasteiger partial charge in [-0.05, 0) is 55.0 Å². The van der Waals surface area contributed by atoms with Crippen molar-refractivity contribution in [2.45, 2.75) is 32.6 Å². The fourth-order valence-corrected chi connectivity index (χ4v) is 7.20. The van der Waals surface area contributed by atoms with Crippen LogP contribution < -0.4 is 9.21 Å². The zero-order valence-corrected chi connectivity index (χ0v) is 27.1. The van der Waals surface area contributed by atoms with Crippen molar-refractivity contribution < 1.29 is 22.8 Å². The zero-order valence-electron chi connectivity index (χ0n) is 25.5. The molecule has 3 fully saturated rings. The van der Waals surface area contributed by atoms with Crippen LogP contribution >= 0.6 is 11.6 Å². The van der Waals surface area contributed by atoms with E-state index in [1.165, 1.54) is 17.5 Å². The van der Waals surface area contributed by atoms with Gasteiger partial charge < -0.3 is 19.6 Å². The van der Waals surface area contributed by atoms with Gasteiger partial charge >= 0.3 is 0 Å². The first-order valence-electron chi connectivity index (χ1n) is 15.4. The van der Waals surface area contributed by atoms with Gasteiger partial charge in [0.25, 0.3) is 0 Å². The first-order valence-corrected chi connectivity index (χ1v) is 17.6. The number of hydrogen-bond donors (Lipinski definition) is 0. The molecule has 2 aliphatic heterocycles. The van der Waals surface area contributed by atoms with E-state index >= 15 is 0 Å². The number of benzene rings is 2. The first kappa shape index (κ1) is 32.1. The number of amides is 3. The van der Waals surface area contributed by atoms with Crippen molar-refractivity contribution in [3.63, 3.8) is 0 Å². The molecule has 2 heterocycles. The Balaban J connectivity index is 1.27. The van der Waals surface area contributed by atoms with E-state index in [1.54, 1.807) is 21.9 Å². The van der Waals surface area contributed by atoms with Crippen molar-refractivity contribution in [1.82, 2.24) is 14.7 Å². The Morgan fingerprint density at radius 2 is 1.45 bits per heavy atom. The molecule has 1 atom stereocenters. The lowest BCUT2D eigenvalue weighted by atomic mass is 9.93. The van der Waals surface area contributed by atoms with Gasteiger partial charge in [0.15, 0.2) is 0 Å². The van der Waals surface area contributed by atoms with Crippen molar-refractivity contribution in [2.75, 3.05) is 74.4 Å². The molecule has 10 nitrogen and oxygen atoms in total. The van der Waals surface area contributed by atoms with Gasteiger partial charge in [0.1, 0.15) is 0 Å². The fraction of sp³-hybridized carbons (Fsp3) is 0.531. The van der Waals surface area contributed by atoms with Crippen LogP contribution in [0.3, 0.4) is 0 Å². The Bertz CT molecular complexity index is 1450. The summed E-state index contributed by atoms with van der Waals surface area (Å²) in [5.41, 5.74) is 2.46. The number of carbonyl (C=O) groups is 3. The standard InChI is InChI=1S/C32H42ClN5O5S/c1-24(39)34-13-17-36(18-14-34)31(40)22-27(21-25-9-11-28(33)12-10-25)32(41)37-19-15-35(16-20-37)29-5-3-4-6-30(29)38(44(2,42)43)23-26-7-8-26/h3-6,9-12,26-27H,7-8,13-23H2,1-2H3/t27-/m0/s1. The van der Waals surface area contributed by atoms with Gasteiger partial charge in [0.05, 0.1) is 23.5 Å². The van der Waals surface area contributed by atoms with Crippen molar-refractivity contribution in [1.29, 1.82) is 0 Å². The number of hydrogen-bond acceptors (Lipinski definition) is 6. The molecule has 0 bridgehead atoms. The van der Waals surface area contributed by atoms with Crippen LogP contribution in [0.15, 0.2) is 48.5 Å². The van der Waals surface area contributed by atoms with E-state index in [9.17, 15) is 22.8 Å². The lowest BCUT2D eigenvalue weighted by Crippen LogP contribution is -2.53. The molecule has 2 aromatic carbocycles. The number of sulfonamides is 1. The highest BCUT2D eigenvalue weighted by molar-refractivity contribution is 7.92. The van der Waals surface area contributed by atoms with Gasteiger partial charge in [-0.3, -0.25) is 18.7 Å². The first-order chi connectivity index (χ1) is 21.0. The summed E-state index contributed by atoms with van der Waals surface area (Å²) in [4.78, 5) is 46.6. The predicted molar refractivity (Wildman–Crippen MR) is 172 cm³/mol. The maximum absolute atomic E-state index is 14.0. The molecule has 3 aliphatic rings. The normalized spacial score (nSPS) is 18.2. The van der Waals surface area contributed by atoms with Gasteiger partial charge in [-0.2, -0.15) is 0 Å². The Labute approximate surface area is 265 Å². The van der Waals surface area contributed by atoms with Crippen LogP contribution in [0.5, 0.6) is 0 Å². The van der Waals surface area contributed by atoms with E-state index in [0.717, 1.165) is 24.1 Å². The van der Waals surface area contributed by atoms with Crippen molar-refractivity contribution in [2.24, 2.45) is 11.8 Å². The molecule has 0 N–H and O–H groups in total. The second kappa shape index (κ2) is 13.8. The Hall–Kier alpha value is -3.31. The van der Waals surface area contributed by atoms with Crippen LogP contribution in [0.1, 0.15) is 31.7 Å². The van der Waals surface area contributed by atoms with Crippen LogP contribution in [-0.2, 0) is 30.8 Å². The lowest BCUT2D eigenvalue weighted by molar-refractivity contribution is -0.143. The summed E-state index contributed by atoms with van der Waals surface area (Å²) in [7, 11) is -3.45. The van der Waals surface area contributed by atoms with Crippen LogP contribution in [0.4, 0.5) is 11.4 Å². The van der Waals surface area contributed by atoms with Gasteiger partial charge in [0, 0.05) is 77.3 Å². The zero-order chi connectivity index (χ0) is 31.4. The number of rotatable bonds is 10.